The van der Waals surface area contributed by atoms with E-state index < -0.39 is 0 Å². The summed E-state index contributed by atoms with van der Waals surface area (Å²) in [6, 6.07) is 4.00. The van der Waals surface area contributed by atoms with Crippen molar-refractivity contribution in [2.24, 2.45) is 0 Å². The van der Waals surface area contributed by atoms with Crippen LogP contribution in [0.5, 0.6) is 0 Å². The summed E-state index contributed by atoms with van der Waals surface area (Å²) in [4.78, 5) is 3.99. The summed E-state index contributed by atoms with van der Waals surface area (Å²) in [6.07, 6.45) is 4.65. The van der Waals surface area contributed by atoms with Crippen molar-refractivity contribution < 1.29 is 0 Å². The van der Waals surface area contributed by atoms with Gasteiger partial charge in [-0.25, -0.2) is 0 Å². The van der Waals surface area contributed by atoms with Crippen LogP contribution in [0.1, 0.15) is 5.56 Å². The van der Waals surface area contributed by atoms with E-state index in [-0.39, 0.29) is 0 Å². The lowest BCUT2D eigenvalue weighted by Gasteiger charge is -1.97. The Labute approximate surface area is 61.3 Å². The number of aromatic nitrogens is 1. The highest BCUT2D eigenvalue weighted by molar-refractivity contribution is 5.08. The Morgan fingerprint density at radius 1 is 1.60 bits per heavy atom. The molecule has 0 saturated carbocycles. The maximum atomic E-state index is 3.99. The normalized spacial score (nSPS) is 9.70. The maximum Gasteiger partial charge on any atom is 0.0300 e. The maximum absolute atomic E-state index is 3.99. The highest BCUT2D eigenvalue weighted by Crippen LogP contribution is 1.94. The molecule has 2 nitrogen and oxygen atoms in total. The second kappa shape index (κ2) is 4.01. The number of hydrogen-bond acceptors (Lipinski definition) is 2. The van der Waals surface area contributed by atoms with Gasteiger partial charge in [0.2, 0.25) is 0 Å². The molecule has 0 fully saturated rings. The van der Waals surface area contributed by atoms with Crippen LogP contribution < -0.4 is 5.32 Å². The number of nitrogens with zero attached hydrogens (tertiary/aromatic N) is 1. The molecule has 1 N–H and O–H groups in total. The van der Waals surface area contributed by atoms with E-state index in [9.17, 15) is 0 Å². The van der Waals surface area contributed by atoms with E-state index in [0.29, 0.717) is 0 Å². The van der Waals surface area contributed by atoms with Crippen LogP contribution in [0.2, 0.25) is 0 Å². The monoisotopic (exact) mass is 135 g/mol. The van der Waals surface area contributed by atoms with Crippen molar-refractivity contribution in [3.63, 3.8) is 0 Å². The lowest BCUT2D eigenvalue weighted by molar-refractivity contribution is 0.826. The molecule has 53 valence electrons. The van der Waals surface area contributed by atoms with E-state index in [0.717, 1.165) is 13.0 Å². The second-order valence-electron chi connectivity index (χ2n) is 2.11. The molecule has 1 radical (unpaired) electrons. The zero-order valence-electron chi connectivity index (χ0n) is 5.88. The topological polar surface area (TPSA) is 24.9 Å². The molecule has 0 unspecified atom stereocenters. The summed E-state index contributed by atoms with van der Waals surface area (Å²) in [5.74, 6) is 0. The first kappa shape index (κ1) is 7.22. The molecule has 0 atom stereocenters. The van der Waals surface area contributed by atoms with Crippen LogP contribution in [0, 0.1) is 7.05 Å². The van der Waals surface area contributed by atoms with E-state index in [4.69, 9.17) is 0 Å². The summed E-state index contributed by atoms with van der Waals surface area (Å²) in [7, 11) is 3.53. The highest BCUT2D eigenvalue weighted by Gasteiger charge is 1.87. The van der Waals surface area contributed by atoms with Crippen molar-refractivity contribution in [3.05, 3.63) is 37.1 Å². The standard InChI is InChI=1S/C8H11N2/c1-9-6-4-8-3-2-5-10-7-8/h2-3,5,7,9H,1,4,6H2. The third-order valence-corrected chi connectivity index (χ3v) is 1.31. The molecular weight excluding hydrogens is 124 g/mol. The Hall–Kier alpha value is -0.890. The highest BCUT2D eigenvalue weighted by atomic mass is 14.8. The largest absolute Gasteiger partial charge is 0.315 e. The van der Waals surface area contributed by atoms with Gasteiger partial charge >= 0.3 is 0 Å². The summed E-state index contributed by atoms with van der Waals surface area (Å²) in [6.45, 7) is 0.908. The average Bonchev–Trinajstić information content (AvgIpc) is 2.03. The van der Waals surface area contributed by atoms with Gasteiger partial charge in [0.15, 0.2) is 0 Å². The molecule has 0 aliphatic rings. The van der Waals surface area contributed by atoms with Gasteiger partial charge in [-0.3, -0.25) is 4.98 Å². The summed E-state index contributed by atoms with van der Waals surface area (Å²) in [5.41, 5.74) is 1.25. The summed E-state index contributed by atoms with van der Waals surface area (Å²) in [5, 5.41) is 2.84. The Morgan fingerprint density at radius 2 is 2.50 bits per heavy atom. The minimum absolute atomic E-state index is 0.908. The molecule has 1 aromatic rings. The van der Waals surface area contributed by atoms with E-state index in [1.54, 1.807) is 6.20 Å². The molecule has 0 aliphatic heterocycles. The summed E-state index contributed by atoms with van der Waals surface area (Å²) >= 11 is 0. The van der Waals surface area contributed by atoms with Crippen LogP contribution in [0.4, 0.5) is 0 Å². The minimum atomic E-state index is 0.908. The van der Waals surface area contributed by atoms with Gasteiger partial charge in [-0.15, -0.1) is 0 Å². The third kappa shape index (κ3) is 2.15. The van der Waals surface area contributed by atoms with E-state index >= 15 is 0 Å². The van der Waals surface area contributed by atoms with E-state index in [1.807, 2.05) is 12.3 Å². The molecule has 1 rings (SSSR count). The molecule has 1 aromatic heterocycles. The van der Waals surface area contributed by atoms with Gasteiger partial charge in [0.05, 0.1) is 0 Å². The zero-order valence-corrected chi connectivity index (χ0v) is 5.88. The Bertz CT molecular complexity index is 172. The van der Waals surface area contributed by atoms with Gasteiger partial charge in [0, 0.05) is 19.4 Å². The van der Waals surface area contributed by atoms with Crippen molar-refractivity contribution in [3.8, 4) is 0 Å². The lowest BCUT2D eigenvalue weighted by Crippen LogP contribution is -2.07. The zero-order chi connectivity index (χ0) is 7.23. The molecule has 0 aliphatic carbocycles. The van der Waals surface area contributed by atoms with Gasteiger partial charge in [-0.05, 0) is 24.6 Å². The molecule has 0 aromatic carbocycles. The lowest BCUT2D eigenvalue weighted by atomic mass is 10.2. The minimum Gasteiger partial charge on any atom is -0.315 e. The fourth-order valence-electron chi connectivity index (χ4n) is 0.779. The summed E-state index contributed by atoms with van der Waals surface area (Å²) < 4.78 is 0. The smallest absolute Gasteiger partial charge is 0.0300 e. The predicted molar refractivity (Wildman–Crippen MR) is 41.3 cm³/mol. The number of nitrogens with one attached hydrogen (secondary N) is 1. The van der Waals surface area contributed by atoms with Crippen molar-refractivity contribution in [2.75, 3.05) is 6.54 Å². The molecule has 1 heterocycles. The molecule has 10 heavy (non-hydrogen) atoms. The quantitative estimate of drug-likeness (QED) is 0.669. The molecule has 0 amide bonds. The molecule has 0 saturated heterocycles. The van der Waals surface area contributed by atoms with Crippen LogP contribution in [0.25, 0.3) is 0 Å². The Morgan fingerprint density at radius 3 is 3.10 bits per heavy atom. The van der Waals surface area contributed by atoms with Crippen LogP contribution in [-0.4, -0.2) is 11.5 Å². The SMILES string of the molecule is [CH2]NCCc1cccnc1. The van der Waals surface area contributed by atoms with Crippen LogP contribution >= 0.6 is 0 Å². The van der Waals surface area contributed by atoms with E-state index in [1.165, 1.54) is 5.56 Å². The fraction of sp³-hybridized carbons (Fsp3) is 0.250. The first-order valence-electron chi connectivity index (χ1n) is 3.32. The molecule has 2 heteroatoms. The number of hydrogen-bond donors (Lipinski definition) is 1. The Balaban J connectivity index is 2.43. The Kier molecular flexibility index (Phi) is 2.90. The number of rotatable bonds is 3. The third-order valence-electron chi connectivity index (χ3n) is 1.31. The van der Waals surface area contributed by atoms with Crippen molar-refractivity contribution in [1.82, 2.24) is 10.3 Å². The van der Waals surface area contributed by atoms with E-state index in [2.05, 4.69) is 23.4 Å². The van der Waals surface area contributed by atoms with Crippen LogP contribution in [0.3, 0.4) is 0 Å². The van der Waals surface area contributed by atoms with Gasteiger partial charge in [0.25, 0.3) is 0 Å². The second-order valence-corrected chi connectivity index (χ2v) is 2.11. The molecular formula is C8H11N2. The van der Waals surface area contributed by atoms with Gasteiger partial charge in [-0.1, -0.05) is 6.07 Å². The fourth-order valence-corrected chi connectivity index (χ4v) is 0.779. The van der Waals surface area contributed by atoms with Crippen LogP contribution in [0.15, 0.2) is 24.5 Å². The van der Waals surface area contributed by atoms with Crippen molar-refractivity contribution in [1.29, 1.82) is 0 Å². The van der Waals surface area contributed by atoms with Crippen LogP contribution in [-0.2, 0) is 6.42 Å². The van der Waals surface area contributed by atoms with Gasteiger partial charge in [-0.2, -0.15) is 0 Å². The average molecular weight is 135 g/mol. The first-order valence-corrected chi connectivity index (χ1v) is 3.32. The van der Waals surface area contributed by atoms with Crippen molar-refractivity contribution >= 4 is 0 Å². The van der Waals surface area contributed by atoms with Gasteiger partial charge < -0.3 is 5.32 Å². The predicted octanol–water partition coefficient (Wildman–Crippen LogP) is 1.01. The first-order chi connectivity index (χ1) is 4.93. The number of pyridine rings is 1. The molecule has 0 bridgehead atoms. The van der Waals surface area contributed by atoms with Crippen molar-refractivity contribution in [2.45, 2.75) is 6.42 Å². The molecule has 0 spiro atoms. The van der Waals surface area contributed by atoms with Gasteiger partial charge in [0.1, 0.15) is 0 Å².